The van der Waals surface area contributed by atoms with Crippen LogP contribution >= 0.6 is 11.6 Å². The molecule has 0 aliphatic heterocycles. The number of hydrogen-bond acceptors (Lipinski definition) is 2. The number of rotatable bonds is 6. The van der Waals surface area contributed by atoms with E-state index in [0.29, 0.717) is 5.41 Å². The second-order valence-corrected chi connectivity index (χ2v) is 6.52. The number of hydrogen-bond donors (Lipinski definition) is 1. The largest absolute Gasteiger partial charge is 0.319 e. The maximum absolute atomic E-state index is 6.59. The molecule has 3 nitrogen and oxygen atoms in total. The van der Waals surface area contributed by atoms with E-state index in [2.05, 4.69) is 36.0 Å². The number of aryl methyl sites for hydroxylation is 2. The van der Waals surface area contributed by atoms with Crippen molar-refractivity contribution in [3.8, 4) is 0 Å². The van der Waals surface area contributed by atoms with Gasteiger partial charge < -0.3 is 5.32 Å². The van der Waals surface area contributed by atoms with Crippen molar-refractivity contribution < 1.29 is 0 Å². The highest BCUT2D eigenvalue weighted by molar-refractivity contribution is 6.31. The van der Waals surface area contributed by atoms with Gasteiger partial charge in [0, 0.05) is 13.1 Å². The molecule has 0 amide bonds. The normalized spacial score (nSPS) is 18.4. The summed E-state index contributed by atoms with van der Waals surface area (Å²) in [5.74, 6) is 0. The molecule has 1 saturated carbocycles. The van der Waals surface area contributed by atoms with Gasteiger partial charge >= 0.3 is 0 Å². The van der Waals surface area contributed by atoms with Gasteiger partial charge in [-0.1, -0.05) is 37.8 Å². The van der Waals surface area contributed by atoms with E-state index in [-0.39, 0.29) is 0 Å². The van der Waals surface area contributed by atoms with Crippen molar-refractivity contribution in [3.63, 3.8) is 0 Å². The van der Waals surface area contributed by atoms with Crippen LogP contribution in [0.15, 0.2) is 0 Å². The van der Waals surface area contributed by atoms with Gasteiger partial charge in [0.25, 0.3) is 0 Å². The minimum absolute atomic E-state index is 0.370. The first-order chi connectivity index (χ1) is 9.65. The molecule has 114 valence electrons. The molecule has 1 aromatic rings. The zero-order chi connectivity index (χ0) is 14.6. The van der Waals surface area contributed by atoms with E-state index in [1.807, 2.05) is 0 Å². The zero-order valence-corrected chi connectivity index (χ0v) is 13.9. The lowest BCUT2D eigenvalue weighted by molar-refractivity contribution is 0.181. The molecule has 1 aliphatic rings. The number of halogens is 1. The van der Waals surface area contributed by atoms with Crippen LogP contribution < -0.4 is 5.32 Å². The average molecular weight is 298 g/mol. The van der Waals surface area contributed by atoms with Gasteiger partial charge in [-0.3, -0.25) is 4.68 Å². The van der Waals surface area contributed by atoms with Crippen molar-refractivity contribution >= 4 is 11.6 Å². The fourth-order valence-corrected chi connectivity index (χ4v) is 3.97. The molecule has 0 aromatic carbocycles. The van der Waals surface area contributed by atoms with E-state index in [4.69, 9.17) is 11.6 Å². The van der Waals surface area contributed by atoms with Gasteiger partial charge in [0.1, 0.15) is 0 Å². The summed E-state index contributed by atoms with van der Waals surface area (Å²) in [6, 6.07) is 0. The third kappa shape index (κ3) is 3.20. The van der Waals surface area contributed by atoms with Gasteiger partial charge in [-0.2, -0.15) is 5.10 Å². The summed E-state index contributed by atoms with van der Waals surface area (Å²) in [4.78, 5) is 0. The second kappa shape index (κ2) is 6.95. The minimum Gasteiger partial charge on any atom is -0.319 e. The summed E-state index contributed by atoms with van der Waals surface area (Å²) in [5.41, 5.74) is 2.68. The molecule has 0 saturated heterocycles. The number of aromatic nitrogens is 2. The Labute approximate surface area is 128 Å². The SMILES string of the molecule is CCc1nn(CC)c(CC2(CNC)CCCCC2)c1Cl. The van der Waals surface area contributed by atoms with Crippen LogP contribution in [0.1, 0.15) is 57.3 Å². The maximum Gasteiger partial charge on any atom is 0.0850 e. The van der Waals surface area contributed by atoms with E-state index in [9.17, 15) is 0 Å². The first kappa shape index (κ1) is 15.8. The maximum atomic E-state index is 6.59. The third-order valence-corrected chi connectivity index (χ3v) is 5.14. The number of nitrogens with one attached hydrogen (secondary N) is 1. The van der Waals surface area contributed by atoms with E-state index >= 15 is 0 Å². The Kier molecular flexibility index (Phi) is 5.50. The Morgan fingerprint density at radius 1 is 1.25 bits per heavy atom. The van der Waals surface area contributed by atoms with E-state index in [1.165, 1.54) is 37.8 Å². The lowest BCUT2D eigenvalue weighted by Crippen LogP contribution is -2.37. The molecule has 1 N–H and O–H groups in total. The monoisotopic (exact) mass is 297 g/mol. The topological polar surface area (TPSA) is 29.9 Å². The van der Waals surface area contributed by atoms with Crippen molar-refractivity contribution in [1.29, 1.82) is 0 Å². The molecule has 1 fully saturated rings. The summed E-state index contributed by atoms with van der Waals surface area (Å²) in [6.45, 7) is 6.27. The molecule has 1 heterocycles. The fourth-order valence-electron chi connectivity index (χ4n) is 3.63. The van der Waals surface area contributed by atoms with Crippen molar-refractivity contribution in [2.75, 3.05) is 13.6 Å². The highest BCUT2D eigenvalue weighted by Gasteiger charge is 2.34. The molecule has 4 heteroatoms. The van der Waals surface area contributed by atoms with Gasteiger partial charge in [0.15, 0.2) is 0 Å². The Morgan fingerprint density at radius 2 is 1.95 bits per heavy atom. The Hall–Kier alpha value is -0.540. The first-order valence-corrected chi connectivity index (χ1v) is 8.42. The summed E-state index contributed by atoms with van der Waals surface area (Å²) in [7, 11) is 2.06. The summed E-state index contributed by atoms with van der Waals surface area (Å²) < 4.78 is 2.12. The van der Waals surface area contributed by atoms with Gasteiger partial charge in [-0.15, -0.1) is 0 Å². The zero-order valence-electron chi connectivity index (χ0n) is 13.1. The average Bonchev–Trinajstić information content (AvgIpc) is 2.76. The van der Waals surface area contributed by atoms with Gasteiger partial charge in [0.05, 0.1) is 16.4 Å². The Balaban J connectivity index is 2.28. The van der Waals surface area contributed by atoms with Crippen LogP contribution in [0.5, 0.6) is 0 Å². The molecule has 1 aromatic heterocycles. The summed E-state index contributed by atoms with van der Waals surface area (Å²) in [5, 5.41) is 8.98. The van der Waals surface area contributed by atoms with Crippen molar-refractivity contribution in [2.45, 2.75) is 65.3 Å². The predicted octanol–water partition coefficient (Wildman–Crippen LogP) is 3.83. The minimum atomic E-state index is 0.370. The third-order valence-electron chi connectivity index (χ3n) is 4.70. The van der Waals surface area contributed by atoms with Crippen molar-refractivity contribution in [1.82, 2.24) is 15.1 Å². The first-order valence-electron chi connectivity index (χ1n) is 8.04. The standard InChI is InChI=1S/C16H28ClN3/c1-4-13-15(17)14(20(5-2)19-13)11-16(12-18-3)9-7-6-8-10-16/h18H,4-12H2,1-3H3. The van der Waals surface area contributed by atoms with Crippen LogP contribution in [0.4, 0.5) is 0 Å². The second-order valence-electron chi connectivity index (χ2n) is 6.14. The van der Waals surface area contributed by atoms with Gasteiger partial charge in [0.2, 0.25) is 0 Å². The Morgan fingerprint density at radius 3 is 2.50 bits per heavy atom. The molecule has 0 unspecified atom stereocenters. The number of nitrogens with zero attached hydrogens (tertiary/aromatic N) is 2. The van der Waals surface area contributed by atoms with Crippen LogP contribution in [-0.4, -0.2) is 23.4 Å². The molecule has 2 rings (SSSR count). The lowest BCUT2D eigenvalue weighted by atomic mass is 9.71. The molecule has 0 radical (unpaired) electrons. The molecule has 0 bridgehead atoms. The van der Waals surface area contributed by atoms with Crippen LogP contribution in [0, 0.1) is 5.41 Å². The van der Waals surface area contributed by atoms with Crippen molar-refractivity contribution in [3.05, 3.63) is 16.4 Å². The van der Waals surface area contributed by atoms with Crippen LogP contribution in [0.2, 0.25) is 5.02 Å². The van der Waals surface area contributed by atoms with E-state index in [0.717, 1.165) is 36.6 Å². The highest BCUT2D eigenvalue weighted by Crippen LogP contribution is 2.40. The van der Waals surface area contributed by atoms with Crippen LogP contribution in [-0.2, 0) is 19.4 Å². The van der Waals surface area contributed by atoms with Gasteiger partial charge in [-0.25, -0.2) is 0 Å². The highest BCUT2D eigenvalue weighted by atomic mass is 35.5. The van der Waals surface area contributed by atoms with Crippen LogP contribution in [0.3, 0.4) is 0 Å². The Bertz CT molecular complexity index is 428. The molecule has 0 spiro atoms. The molecule has 1 aliphatic carbocycles. The molecule has 0 atom stereocenters. The molecular formula is C16H28ClN3. The molecular weight excluding hydrogens is 270 g/mol. The summed E-state index contributed by atoms with van der Waals surface area (Å²) >= 11 is 6.59. The van der Waals surface area contributed by atoms with E-state index in [1.54, 1.807) is 0 Å². The quantitative estimate of drug-likeness (QED) is 0.865. The molecule has 20 heavy (non-hydrogen) atoms. The fraction of sp³-hybridized carbons (Fsp3) is 0.812. The predicted molar refractivity (Wildman–Crippen MR) is 85.4 cm³/mol. The van der Waals surface area contributed by atoms with Crippen molar-refractivity contribution in [2.24, 2.45) is 5.41 Å². The lowest BCUT2D eigenvalue weighted by Gasteiger charge is -2.37. The van der Waals surface area contributed by atoms with Crippen LogP contribution in [0.25, 0.3) is 0 Å². The smallest absolute Gasteiger partial charge is 0.0850 e. The van der Waals surface area contributed by atoms with Gasteiger partial charge in [-0.05, 0) is 45.1 Å². The van der Waals surface area contributed by atoms with E-state index < -0.39 is 0 Å². The summed E-state index contributed by atoms with van der Waals surface area (Å²) in [6.07, 6.45) is 8.67.